The molecule has 1 heterocycles. The van der Waals surface area contributed by atoms with Gasteiger partial charge in [0.1, 0.15) is 5.69 Å². The summed E-state index contributed by atoms with van der Waals surface area (Å²) in [5, 5.41) is 2.78. The third kappa shape index (κ3) is 2.68. The lowest BCUT2D eigenvalue weighted by Gasteiger charge is -2.07. The van der Waals surface area contributed by atoms with Crippen molar-refractivity contribution in [3.05, 3.63) is 52.3 Å². The van der Waals surface area contributed by atoms with Gasteiger partial charge in [0.05, 0.1) is 0 Å². The van der Waals surface area contributed by atoms with Gasteiger partial charge in [0.2, 0.25) is 0 Å². The first-order valence-electron chi connectivity index (χ1n) is 5.36. The monoisotopic (exact) mass is 305 g/mol. The van der Waals surface area contributed by atoms with Crippen LogP contribution in [0.2, 0.25) is 0 Å². The average molecular weight is 306 g/mol. The Morgan fingerprint density at radius 3 is 2.83 bits per heavy atom. The second-order valence-corrected chi connectivity index (χ2v) is 4.71. The van der Waals surface area contributed by atoms with Crippen LogP contribution in [0.1, 0.15) is 16.1 Å². The molecule has 0 bridgehead atoms. The van der Waals surface area contributed by atoms with E-state index in [1.807, 2.05) is 13.0 Å². The van der Waals surface area contributed by atoms with Gasteiger partial charge in [0.15, 0.2) is 0 Å². The molecule has 0 radical (unpaired) electrons. The largest absolute Gasteiger partial charge is 0.399 e. The molecule has 4 nitrogen and oxygen atoms in total. The van der Waals surface area contributed by atoms with Crippen molar-refractivity contribution in [2.75, 3.05) is 11.1 Å². The number of amides is 1. The highest BCUT2D eigenvalue weighted by Gasteiger charge is 2.11. The Morgan fingerprint density at radius 2 is 2.17 bits per heavy atom. The van der Waals surface area contributed by atoms with Gasteiger partial charge in [0, 0.05) is 22.0 Å². The van der Waals surface area contributed by atoms with Crippen LogP contribution in [0.4, 0.5) is 11.4 Å². The van der Waals surface area contributed by atoms with Crippen molar-refractivity contribution in [1.29, 1.82) is 0 Å². The number of aromatic nitrogens is 1. The fraction of sp³-hybridized carbons (Fsp3) is 0.0769. The second-order valence-electron chi connectivity index (χ2n) is 3.86. The second kappa shape index (κ2) is 5.18. The number of hydrogen-bond donors (Lipinski definition) is 2. The summed E-state index contributed by atoms with van der Waals surface area (Å²) in [6.07, 6.45) is 1.58. The third-order valence-electron chi connectivity index (χ3n) is 2.50. The lowest BCUT2D eigenvalue weighted by Crippen LogP contribution is -2.14. The number of anilines is 2. The molecule has 5 heteroatoms. The van der Waals surface area contributed by atoms with Crippen LogP contribution in [-0.4, -0.2) is 10.9 Å². The van der Waals surface area contributed by atoms with Crippen molar-refractivity contribution in [2.24, 2.45) is 0 Å². The molecule has 1 amide bonds. The summed E-state index contributed by atoms with van der Waals surface area (Å²) in [4.78, 5) is 16.0. The molecule has 0 unspecified atom stereocenters. The molecular weight excluding hydrogens is 294 g/mol. The van der Waals surface area contributed by atoms with Crippen LogP contribution in [-0.2, 0) is 0 Å². The fourth-order valence-corrected chi connectivity index (χ4v) is 1.93. The van der Waals surface area contributed by atoms with Crippen molar-refractivity contribution in [3.8, 4) is 0 Å². The van der Waals surface area contributed by atoms with Gasteiger partial charge in [-0.2, -0.15) is 0 Å². The minimum Gasteiger partial charge on any atom is -0.399 e. The number of nitrogen functional groups attached to an aromatic ring is 1. The number of halogens is 1. The topological polar surface area (TPSA) is 68.0 Å². The van der Waals surface area contributed by atoms with Crippen molar-refractivity contribution in [3.63, 3.8) is 0 Å². The molecule has 2 aromatic rings. The third-order valence-corrected chi connectivity index (χ3v) is 3.14. The van der Waals surface area contributed by atoms with Gasteiger partial charge in [-0.1, -0.05) is 0 Å². The summed E-state index contributed by atoms with van der Waals surface area (Å²) in [5.41, 5.74) is 8.40. The van der Waals surface area contributed by atoms with Crippen LogP contribution in [0.15, 0.2) is 41.0 Å². The Balaban J connectivity index is 2.22. The lowest BCUT2D eigenvalue weighted by atomic mass is 10.2. The van der Waals surface area contributed by atoms with E-state index < -0.39 is 0 Å². The zero-order chi connectivity index (χ0) is 13.1. The number of nitrogens with two attached hydrogens (primary N) is 1. The molecule has 92 valence electrons. The van der Waals surface area contributed by atoms with E-state index in [2.05, 4.69) is 26.2 Å². The Morgan fingerprint density at radius 1 is 1.39 bits per heavy atom. The van der Waals surface area contributed by atoms with Crippen LogP contribution < -0.4 is 11.1 Å². The van der Waals surface area contributed by atoms with Gasteiger partial charge in [0.25, 0.3) is 5.91 Å². The van der Waals surface area contributed by atoms with Crippen LogP contribution in [0.25, 0.3) is 0 Å². The summed E-state index contributed by atoms with van der Waals surface area (Å²) in [6, 6.07) is 8.88. The van der Waals surface area contributed by atoms with Crippen molar-refractivity contribution < 1.29 is 4.79 Å². The normalized spacial score (nSPS) is 10.1. The molecule has 2 rings (SSSR count). The summed E-state index contributed by atoms with van der Waals surface area (Å²) >= 11 is 3.29. The molecule has 0 atom stereocenters. The molecule has 0 fully saturated rings. The first kappa shape index (κ1) is 12.6. The quantitative estimate of drug-likeness (QED) is 0.838. The molecule has 0 aliphatic carbocycles. The Kier molecular flexibility index (Phi) is 3.62. The summed E-state index contributed by atoms with van der Waals surface area (Å²) in [6.45, 7) is 1.89. The van der Waals surface area contributed by atoms with Crippen LogP contribution in [0.3, 0.4) is 0 Å². The van der Waals surface area contributed by atoms with Gasteiger partial charge in [-0.15, -0.1) is 0 Å². The average Bonchev–Trinajstić information content (AvgIpc) is 2.34. The number of hydrogen-bond acceptors (Lipinski definition) is 3. The first-order chi connectivity index (χ1) is 8.58. The number of carbonyl (C=O) groups is 1. The summed E-state index contributed by atoms with van der Waals surface area (Å²) < 4.78 is 0.662. The van der Waals surface area contributed by atoms with Crippen LogP contribution in [0, 0.1) is 6.92 Å². The molecular formula is C13H12BrN3O. The van der Waals surface area contributed by atoms with Gasteiger partial charge in [-0.25, -0.2) is 4.98 Å². The molecule has 0 saturated carbocycles. The molecule has 1 aromatic carbocycles. The van der Waals surface area contributed by atoms with Gasteiger partial charge < -0.3 is 11.1 Å². The Hall–Kier alpha value is -1.88. The highest BCUT2D eigenvalue weighted by molar-refractivity contribution is 9.10. The number of pyridine rings is 1. The minimum atomic E-state index is -0.258. The molecule has 0 spiro atoms. The number of nitrogens with one attached hydrogen (secondary N) is 1. The Labute approximate surface area is 113 Å². The predicted octanol–water partition coefficient (Wildman–Crippen LogP) is 2.99. The molecule has 0 aliphatic heterocycles. The van der Waals surface area contributed by atoms with E-state index >= 15 is 0 Å². The van der Waals surface area contributed by atoms with Crippen molar-refractivity contribution in [2.45, 2.75) is 6.92 Å². The first-order valence-corrected chi connectivity index (χ1v) is 6.15. The fourth-order valence-electron chi connectivity index (χ4n) is 1.50. The maximum absolute atomic E-state index is 12.0. The molecule has 0 saturated heterocycles. The molecule has 0 aliphatic rings. The van der Waals surface area contributed by atoms with Crippen molar-refractivity contribution in [1.82, 2.24) is 4.98 Å². The molecule has 18 heavy (non-hydrogen) atoms. The zero-order valence-corrected chi connectivity index (χ0v) is 11.4. The number of nitrogens with zero attached hydrogens (tertiary/aromatic N) is 1. The highest BCUT2D eigenvalue weighted by Crippen LogP contribution is 2.19. The number of aryl methyl sites for hydroxylation is 1. The Bertz CT molecular complexity index is 599. The lowest BCUT2D eigenvalue weighted by molar-refractivity contribution is 0.102. The van der Waals surface area contributed by atoms with E-state index in [4.69, 9.17) is 5.73 Å². The zero-order valence-electron chi connectivity index (χ0n) is 9.77. The summed E-state index contributed by atoms with van der Waals surface area (Å²) in [7, 11) is 0. The van der Waals surface area contributed by atoms with E-state index in [-0.39, 0.29) is 5.91 Å². The van der Waals surface area contributed by atoms with E-state index in [0.717, 1.165) is 5.56 Å². The van der Waals surface area contributed by atoms with E-state index in [9.17, 15) is 4.79 Å². The molecule has 1 aromatic heterocycles. The standard InChI is InChI=1S/C13H12BrN3O/c1-8-7-9(4-5-11(8)15)17-13(18)12-10(14)3-2-6-16-12/h2-7H,15H2,1H3,(H,17,18). The predicted molar refractivity (Wildman–Crippen MR) is 75.5 cm³/mol. The van der Waals surface area contributed by atoms with Gasteiger partial charge in [-0.05, 0) is 58.7 Å². The van der Waals surface area contributed by atoms with Gasteiger partial charge >= 0.3 is 0 Å². The number of carbonyl (C=O) groups excluding carboxylic acids is 1. The van der Waals surface area contributed by atoms with Crippen LogP contribution in [0.5, 0.6) is 0 Å². The van der Waals surface area contributed by atoms with Crippen molar-refractivity contribution >= 4 is 33.2 Å². The highest BCUT2D eigenvalue weighted by atomic mass is 79.9. The van der Waals surface area contributed by atoms with E-state index in [0.29, 0.717) is 21.5 Å². The maximum Gasteiger partial charge on any atom is 0.275 e. The van der Waals surface area contributed by atoms with Gasteiger partial charge in [-0.3, -0.25) is 4.79 Å². The van der Waals surface area contributed by atoms with E-state index in [1.165, 1.54) is 0 Å². The van der Waals surface area contributed by atoms with Crippen LogP contribution >= 0.6 is 15.9 Å². The maximum atomic E-state index is 12.0. The minimum absolute atomic E-state index is 0.258. The summed E-state index contributed by atoms with van der Waals surface area (Å²) in [5.74, 6) is -0.258. The van der Waals surface area contributed by atoms with E-state index in [1.54, 1.807) is 30.5 Å². The number of benzene rings is 1. The SMILES string of the molecule is Cc1cc(NC(=O)c2ncccc2Br)ccc1N. The smallest absolute Gasteiger partial charge is 0.275 e. The number of rotatable bonds is 2. The molecule has 3 N–H and O–H groups in total.